The van der Waals surface area contributed by atoms with E-state index in [1.165, 1.54) is 0 Å². The first-order valence-corrected chi connectivity index (χ1v) is 18.2. The van der Waals surface area contributed by atoms with Crippen molar-refractivity contribution in [3.63, 3.8) is 0 Å². The number of aromatic nitrogens is 2. The number of rotatable bonds is 7. The highest BCUT2D eigenvalue weighted by molar-refractivity contribution is 7.98. The maximum absolute atomic E-state index is 13.7. The maximum Gasteiger partial charge on any atom is 0.338 e. The molecule has 0 radical (unpaired) electrons. The SMILES string of the molecule is COc1cc(O[Si](C)(C)C(C)(C)C(C)C)c2c(c1C)C(=O)OC[C@@H](CN)CCC(=O)N[C@H](c1nc(C)no1)CSC2. The second kappa shape index (κ2) is 13.6. The van der Waals surface area contributed by atoms with Crippen molar-refractivity contribution in [3.05, 3.63) is 34.5 Å². The van der Waals surface area contributed by atoms with E-state index in [1.807, 2.05) is 13.0 Å². The molecule has 41 heavy (non-hydrogen) atoms. The number of ether oxygens (including phenoxy) is 2. The summed E-state index contributed by atoms with van der Waals surface area (Å²) in [6.07, 6.45) is 0.710. The lowest BCUT2D eigenvalue weighted by Crippen LogP contribution is -2.48. The number of cyclic esters (lactones) is 1. The molecule has 0 spiro atoms. The van der Waals surface area contributed by atoms with E-state index in [4.69, 9.17) is 24.2 Å². The Kier molecular flexibility index (Phi) is 10.9. The maximum atomic E-state index is 13.7. The summed E-state index contributed by atoms with van der Waals surface area (Å²) in [7, 11) is -0.777. The molecule has 0 fully saturated rings. The molecule has 2 aromatic rings. The van der Waals surface area contributed by atoms with E-state index in [9.17, 15) is 9.59 Å². The molecule has 2 heterocycles. The van der Waals surface area contributed by atoms with Crippen LogP contribution in [-0.4, -0.2) is 56.3 Å². The second-order valence-electron chi connectivity index (χ2n) is 12.1. The number of hydrogen-bond acceptors (Lipinski definition) is 10. The predicted octanol–water partition coefficient (Wildman–Crippen LogP) is 5.33. The van der Waals surface area contributed by atoms with Crippen molar-refractivity contribution in [1.29, 1.82) is 0 Å². The molecule has 0 unspecified atom stereocenters. The van der Waals surface area contributed by atoms with Gasteiger partial charge >= 0.3 is 5.97 Å². The lowest BCUT2D eigenvalue weighted by Gasteiger charge is -2.43. The number of amides is 1. The standard InChI is InChI=1S/C29H46N4O6SSi/c1-17(2)29(5,6)41(8,9)39-24-12-23(36-7)18(3)26-21(24)15-40-16-22(27-31-19(4)33-38-27)32-25(34)11-10-20(13-30)14-37-28(26)35/h12,17,20,22H,10-11,13-16,30H2,1-9H3,(H,32,34)/t20-,22+/m1/s1. The lowest BCUT2D eigenvalue weighted by molar-refractivity contribution is -0.122. The van der Waals surface area contributed by atoms with E-state index in [0.717, 1.165) is 5.56 Å². The first-order valence-electron chi connectivity index (χ1n) is 14.2. The fourth-order valence-corrected chi connectivity index (χ4v) is 8.11. The van der Waals surface area contributed by atoms with Crippen LogP contribution in [0.1, 0.15) is 79.8 Å². The zero-order valence-electron chi connectivity index (χ0n) is 25.9. The number of aryl methyl sites for hydroxylation is 1. The Labute approximate surface area is 249 Å². The topological polar surface area (TPSA) is 139 Å². The zero-order valence-corrected chi connectivity index (χ0v) is 27.7. The monoisotopic (exact) mass is 606 g/mol. The van der Waals surface area contributed by atoms with Crippen LogP contribution in [-0.2, 0) is 15.3 Å². The highest BCUT2D eigenvalue weighted by Crippen LogP contribution is 2.47. The molecular formula is C29H46N4O6SSi. The van der Waals surface area contributed by atoms with Crippen molar-refractivity contribution < 1.29 is 28.0 Å². The molecule has 10 nitrogen and oxygen atoms in total. The minimum atomic E-state index is -2.37. The van der Waals surface area contributed by atoms with E-state index in [-0.39, 0.29) is 36.4 Å². The third-order valence-corrected chi connectivity index (χ3v) is 14.1. The van der Waals surface area contributed by atoms with Crippen LogP contribution in [0, 0.1) is 25.7 Å². The first kappa shape index (κ1) is 32.9. The van der Waals surface area contributed by atoms with Gasteiger partial charge in [0, 0.05) is 41.0 Å². The first-order chi connectivity index (χ1) is 19.2. The number of benzene rings is 1. The Morgan fingerprint density at radius 2 is 1.95 bits per heavy atom. The molecule has 0 saturated heterocycles. The van der Waals surface area contributed by atoms with Gasteiger partial charge in [-0.1, -0.05) is 32.9 Å². The summed E-state index contributed by atoms with van der Waals surface area (Å²) in [5.74, 6) is 2.52. The molecule has 2 atom stereocenters. The number of esters is 1. The van der Waals surface area contributed by atoms with Gasteiger partial charge in [0.25, 0.3) is 8.32 Å². The van der Waals surface area contributed by atoms with E-state index < -0.39 is 20.3 Å². The number of methoxy groups -OCH3 is 1. The van der Waals surface area contributed by atoms with Crippen LogP contribution < -0.4 is 20.2 Å². The molecule has 1 aliphatic rings. The van der Waals surface area contributed by atoms with E-state index in [1.54, 1.807) is 25.8 Å². The number of nitrogens with one attached hydrogen (secondary N) is 1. The summed E-state index contributed by atoms with van der Waals surface area (Å²) in [4.78, 5) is 30.9. The fraction of sp³-hybridized carbons (Fsp3) is 0.655. The average molecular weight is 607 g/mol. The summed E-state index contributed by atoms with van der Waals surface area (Å²) in [6.45, 7) is 17.3. The van der Waals surface area contributed by atoms with E-state index in [2.05, 4.69) is 56.2 Å². The van der Waals surface area contributed by atoms with Crippen LogP contribution in [0.2, 0.25) is 18.1 Å². The van der Waals surface area contributed by atoms with Crippen LogP contribution in [0.5, 0.6) is 11.5 Å². The van der Waals surface area contributed by atoms with Gasteiger partial charge in [0.05, 0.1) is 19.3 Å². The molecule has 228 valence electrons. The summed E-state index contributed by atoms with van der Waals surface area (Å²) < 4.78 is 23.9. The van der Waals surface area contributed by atoms with E-state index in [0.29, 0.717) is 58.2 Å². The van der Waals surface area contributed by atoms with Crippen molar-refractivity contribution in [2.24, 2.45) is 17.6 Å². The molecule has 1 aliphatic heterocycles. The smallest absolute Gasteiger partial charge is 0.338 e. The van der Waals surface area contributed by atoms with Crippen molar-refractivity contribution in [1.82, 2.24) is 15.5 Å². The number of fused-ring (bicyclic) bond motifs is 1. The molecule has 3 rings (SSSR count). The summed E-state index contributed by atoms with van der Waals surface area (Å²) in [5, 5.41) is 6.89. The van der Waals surface area contributed by atoms with Gasteiger partial charge in [-0.15, -0.1) is 0 Å². The number of carbonyl (C=O) groups excluding carboxylic acids is 2. The van der Waals surface area contributed by atoms with Crippen molar-refractivity contribution >= 4 is 32.0 Å². The Bertz CT molecular complexity index is 1230. The van der Waals surface area contributed by atoms with Gasteiger partial charge in [0.2, 0.25) is 11.8 Å². The van der Waals surface area contributed by atoms with Gasteiger partial charge in [-0.05, 0) is 50.9 Å². The van der Waals surface area contributed by atoms with Gasteiger partial charge in [-0.2, -0.15) is 16.7 Å². The highest BCUT2D eigenvalue weighted by atomic mass is 32.2. The molecular weight excluding hydrogens is 560 g/mol. The minimum absolute atomic E-state index is 0.0627. The van der Waals surface area contributed by atoms with Crippen LogP contribution in [0.25, 0.3) is 0 Å². The Morgan fingerprint density at radius 3 is 2.54 bits per heavy atom. The molecule has 1 aromatic carbocycles. The second-order valence-corrected chi connectivity index (χ2v) is 17.6. The fourth-order valence-electron chi connectivity index (χ4n) is 4.66. The highest BCUT2D eigenvalue weighted by Gasteiger charge is 2.45. The predicted molar refractivity (Wildman–Crippen MR) is 163 cm³/mol. The number of carbonyl (C=O) groups is 2. The molecule has 1 amide bonds. The van der Waals surface area contributed by atoms with Crippen molar-refractivity contribution in [3.8, 4) is 11.5 Å². The molecule has 12 heteroatoms. The zero-order chi connectivity index (χ0) is 30.5. The van der Waals surface area contributed by atoms with Gasteiger partial charge in [0.1, 0.15) is 17.5 Å². The van der Waals surface area contributed by atoms with Gasteiger partial charge in [-0.3, -0.25) is 4.79 Å². The summed E-state index contributed by atoms with van der Waals surface area (Å²) in [5.41, 5.74) is 7.86. The molecule has 0 bridgehead atoms. The number of thioether (sulfide) groups is 1. The summed E-state index contributed by atoms with van der Waals surface area (Å²) in [6, 6.07) is 1.40. The lowest BCUT2D eigenvalue weighted by atomic mass is 9.99. The Balaban J connectivity index is 2.11. The molecule has 1 aromatic heterocycles. The minimum Gasteiger partial charge on any atom is -0.543 e. The van der Waals surface area contributed by atoms with Crippen molar-refractivity contribution in [2.45, 2.75) is 84.3 Å². The number of nitrogens with two attached hydrogens (primary N) is 1. The third kappa shape index (κ3) is 7.64. The normalized spacial score (nSPS) is 19.7. The quantitative estimate of drug-likeness (QED) is 0.314. The Hall–Kier alpha value is -2.57. The number of nitrogens with zero attached hydrogens (tertiary/aromatic N) is 2. The largest absolute Gasteiger partial charge is 0.543 e. The van der Waals surface area contributed by atoms with Crippen LogP contribution >= 0.6 is 11.8 Å². The number of hydrogen-bond donors (Lipinski definition) is 2. The third-order valence-electron chi connectivity index (χ3n) is 8.66. The molecule has 0 saturated carbocycles. The van der Waals surface area contributed by atoms with Gasteiger partial charge in [0.15, 0.2) is 5.82 Å². The molecule has 0 aliphatic carbocycles. The van der Waals surface area contributed by atoms with Crippen molar-refractivity contribution in [2.75, 3.05) is 26.0 Å². The van der Waals surface area contributed by atoms with Crippen LogP contribution in [0.4, 0.5) is 0 Å². The van der Waals surface area contributed by atoms with Gasteiger partial charge < -0.3 is 29.5 Å². The molecule has 3 N–H and O–H groups in total. The van der Waals surface area contributed by atoms with Crippen LogP contribution in [0.15, 0.2) is 10.6 Å². The Morgan fingerprint density at radius 1 is 1.24 bits per heavy atom. The summed E-state index contributed by atoms with van der Waals surface area (Å²) >= 11 is 1.54. The van der Waals surface area contributed by atoms with Gasteiger partial charge in [-0.25, -0.2) is 4.79 Å². The van der Waals surface area contributed by atoms with E-state index >= 15 is 0 Å². The average Bonchev–Trinajstić information content (AvgIpc) is 3.34. The van der Waals surface area contributed by atoms with Crippen LogP contribution in [0.3, 0.4) is 0 Å².